The van der Waals surface area contributed by atoms with E-state index in [0.717, 1.165) is 5.56 Å². The predicted molar refractivity (Wildman–Crippen MR) is 70.1 cm³/mol. The molecule has 1 aromatic rings. The Morgan fingerprint density at radius 1 is 1.37 bits per heavy atom. The first-order chi connectivity index (χ1) is 9.16. The highest BCUT2D eigenvalue weighted by Gasteiger charge is 2.21. The van der Waals surface area contributed by atoms with Crippen LogP contribution >= 0.6 is 0 Å². The lowest BCUT2D eigenvalue weighted by Crippen LogP contribution is -2.49. The molecule has 1 heterocycles. The van der Waals surface area contributed by atoms with E-state index in [1.54, 1.807) is 12.1 Å². The summed E-state index contributed by atoms with van der Waals surface area (Å²) in [5, 5.41) is 3.16. The van der Waals surface area contributed by atoms with Crippen molar-refractivity contribution in [1.29, 1.82) is 0 Å². The molecule has 1 saturated heterocycles. The molecule has 1 amide bonds. The van der Waals surface area contributed by atoms with Gasteiger partial charge in [0.25, 0.3) is 0 Å². The van der Waals surface area contributed by atoms with E-state index in [1.807, 2.05) is 11.8 Å². The van der Waals surface area contributed by atoms with Crippen LogP contribution in [0.4, 0.5) is 4.39 Å². The Labute approximate surface area is 112 Å². The zero-order chi connectivity index (χ0) is 13.7. The molecule has 19 heavy (non-hydrogen) atoms. The van der Waals surface area contributed by atoms with Crippen LogP contribution in [0.25, 0.3) is 0 Å². The third-order valence-electron chi connectivity index (χ3n) is 3.22. The van der Waals surface area contributed by atoms with E-state index in [-0.39, 0.29) is 17.8 Å². The van der Waals surface area contributed by atoms with Gasteiger partial charge in [-0.3, -0.25) is 4.79 Å². The van der Waals surface area contributed by atoms with Crippen molar-refractivity contribution < 1.29 is 13.9 Å². The third-order valence-corrected chi connectivity index (χ3v) is 3.22. The minimum Gasteiger partial charge on any atom is -0.378 e. The second-order valence-electron chi connectivity index (χ2n) is 4.67. The van der Waals surface area contributed by atoms with Gasteiger partial charge in [0.2, 0.25) is 5.91 Å². The molecular formula is C14H19FN2O2. The quantitative estimate of drug-likeness (QED) is 0.889. The molecule has 1 N–H and O–H groups in total. The summed E-state index contributed by atoms with van der Waals surface area (Å²) in [6.07, 6.45) is 0. The van der Waals surface area contributed by atoms with E-state index >= 15 is 0 Å². The van der Waals surface area contributed by atoms with Crippen molar-refractivity contribution in [3.05, 3.63) is 35.6 Å². The lowest BCUT2D eigenvalue weighted by atomic mass is 10.2. The van der Waals surface area contributed by atoms with Crippen molar-refractivity contribution in [3.8, 4) is 0 Å². The minimum atomic E-state index is -0.249. The first-order valence-electron chi connectivity index (χ1n) is 6.51. The van der Waals surface area contributed by atoms with Crippen molar-refractivity contribution in [2.75, 3.05) is 26.3 Å². The number of benzene rings is 1. The van der Waals surface area contributed by atoms with Gasteiger partial charge in [-0.1, -0.05) is 12.1 Å². The number of morpholine rings is 1. The topological polar surface area (TPSA) is 41.6 Å². The number of halogens is 1. The number of hydrogen-bond acceptors (Lipinski definition) is 3. The molecule has 0 spiro atoms. The fraction of sp³-hybridized carbons (Fsp3) is 0.500. The molecule has 2 rings (SSSR count). The Balaban J connectivity index is 1.81. The zero-order valence-electron chi connectivity index (χ0n) is 11.1. The molecule has 0 bridgehead atoms. The van der Waals surface area contributed by atoms with Crippen LogP contribution in [0.15, 0.2) is 24.3 Å². The second kappa shape index (κ2) is 6.63. The minimum absolute atomic E-state index is 0.0883. The first-order valence-corrected chi connectivity index (χ1v) is 6.51. The molecule has 104 valence electrons. The summed E-state index contributed by atoms with van der Waals surface area (Å²) in [5.41, 5.74) is 0.961. The smallest absolute Gasteiger partial charge is 0.239 e. The van der Waals surface area contributed by atoms with Crippen LogP contribution in [-0.2, 0) is 16.1 Å². The molecule has 1 aromatic carbocycles. The van der Waals surface area contributed by atoms with Gasteiger partial charge in [-0.25, -0.2) is 4.39 Å². The van der Waals surface area contributed by atoms with Crippen LogP contribution < -0.4 is 5.32 Å². The van der Waals surface area contributed by atoms with Crippen molar-refractivity contribution in [2.45, 2.75) is 19.5 Å². The molecule has 5 heteroatoms. The average molecular weight is 266 g/mol. The van der Waals surface area contributed by atoms with E-state index in [1.165, 1.54) is 12.1 Å². The molecule has 0 aromatic heterocycles. The van der Waals surface area contributed by atoms with Gasteiger partial charge in [0, 0.05) is 19.6 Å². The number of carbonyl (C=O) groups is 1. The summed E-state index contributed by atoms with van der Waals surface area (Å²) in [5.74, 6) is -0.161. The zero-order valence-corrected chi connectivity index (χ0v) is 11.1. The molecule has 1 fully saturated rings. The molecule has 4 nitrogen and oxygen atoms in total. The van der Waals surface area contributed by atoms with Crippen molar-refractivity contribution >= 4 is 5.91 Å². The Kier molecular flexibility index (Phi) is 4.87. The molecule has 1 aliphatic rings. The number of ether oxygens (including phenoxy) is 1. The van der Waals surface area contributed by atoms with E-state index in [2.05, 4.69) is 5.32 Å². The van der Waals surface area contributed by atoms with Crippen LogP contribution in [0.5, 0.6) is 0 Å². The largest absolute Gasteiger partial charge is 0.378 e. The fourth-order valence-corrected chi connectivity index (χ4v) is 2.02. The summed E-state index contributed by atoms with van der Waals surface area (Å²) in [6.45, 7) is 4.93. The number of hydrogen-bond donors (Lipinski definition) is 1. The molecule has 0 aliphatic carbocycles. The number of amides is 1. The van der Waals surface area contributed by atoms with Gasteiger partial charge in [-0.05, 0) is 24.6 Å². The second-order valence-corrected chi connectivity index (χ2v) is 4.67. The molecule has 1 aliphatic heterocycles. The van der Waals surface area contributed by atoms with Gasteiger partial charge >= 0.3 is 0 Å². The third kappa shape index (κ3) is 4.01. The van der Waals surface area contributed by atoms with Crippen LogP contribution in [0, 0.1) is 5.82 Å². The van der Waals surface area contributed by atoms with Gasteiger partial charge in [0.15, 0.2) is 0 Å². The Hall–Kier alpha value is -1.46. The van der Waals surface area contributed by atoms with Crippen LogP contribution in [0.3, 0.4) is 0 Å². The van der Waals surface area contributed by atoms with Crippen LogP contribution in [0.1, 0.15) is 12.5 Å². The summed E-state index contributed by atoms with van der Waals surface area (Å²) in [6, 6.07) is 6.03. The van der Waals surface area contributed by atoms with E-state index in [9.17, 15) is 9.18 Å². The lowest BCUT2D eigenvalue weighted by Gasteiger charge is -2.29. The Bertz CT molecular complexity index is 416. The molecule has 0 radical (unpaired) electrons. The van der Waals surface area contributed by atoms with Gasteiger partial charge in [0.05, 0.1) is 19.3 Å². The summed E-state index contributed by atoms with van der Waals surface area (Å²) in [4.78, 5) is 13.9. The van der Waals surface area contributed by atoms with E-state index in [4.69, 9.17) is 4.74 Å². The number of nitrogens with zero attached hydrogens (tertiary/aromatic N) is 1. The highest BCUT2D eigenvalue weighted by atomic mass is 19.1. The van der Waals surface area contributed by atoms with Gasteiger partial charge in [-0.15, -0.1) is 0 Å². The van der Waals surface area contributed by atoms with Crippen LogP contribution in [-0.4, -0.2) is 43.2 Å². The highest BCUT2D eigenvalue weighted by Crippen LogP contribution is 2.04. The maximum atomic E-state index is 12.8. The van der Waals surface area contributed by atoms with Crippen molar-refractivity contribution in [1.82, 2.24) is 10.2 Å². The Morgan fingerprint density at radius 2 is 2.00 bits per heavy atom. The lowest BCUT2D eigenvalue weighted by molar-refractivity contribution is -0.137. The Morgan fingerprint density at radius 3 is 2.63 bits per heavy atom. The average Bonchev–Trinajstić information content (AvgIpc) is 2.46. The van der Waals surface area contributed by atoms with Gasteiger partial charge in [-0.2, -0.15) is 0 Å². The number of rotatable bonds is 4. The van der Waals surface area contributed by atoms with E-state index in [0.29, 0.717) is 32.8 Å². The number of nitrogens with one attached hydrogen (secondary N) is 1. The molecular weight excluding hydrogens is 247 g/mol. The summed E-state index contributed by atoms with van der Waals surface area (Å²) in [7, 11) is 0. The number of carbonyl (C=O) groups excluding carboxylic acids is 1. The summed E-state index contributed by atoms with van der Waals surface area (Å²) < 4.78 is 18.0. The maximum Gasteiger partial charge on any atom is 0.239 e. The van der Waals surface area contributed by atoms with Gasteiger partial charge < -0.3 is 15.0 Å². The highest BCUT2D eigenvalue weighted by molar-refractivity contribution is 5.81. The van der Waals surface area contributed by atoms with Crippen molar-refractivity contribution in [2.24, 2.45) is 0 Å². The monoisotopic (exact) mass is 266 g/mol. The first kappa shape index (κ1) is 14.0. The maximum absolute atomic E-state index is 12.8. The predicted octanol–water partition coefficient (Wildman–Crippen LogP) is 1.16. The SMILES string of the molecule is CC(NCc1ccc(F)cc1)C(=O)N1CCOCC1. The normalized spacial score (nSPS) is 17.3. The molecule has 1 atom stereocenters. The fourth-order valence-electron chi connectivity index (χ4n) is 2.02. The molecule has 0 saturated carbocycles. The van der Waals surface area contributed by atoms with Crippen molar-refractivity contribution in [3.63, 3.8) is 0 Å². The standard InChI is InChI=1S/C14H19FN2O2/c1-11(14(18)17-6-8-19-9-7-17)16-10-12-2-4-13(15)5-3-12/h2-5,11,16H,6-10H2,1H3. The van der Waals surface area contributed by atoms with Crippen LogP contribution in [0.2, 0.25) is 0 Å². The molecule has 1 unspecified atom stereocenters. The van der Waals surface area contributed by atoms with Gasteiger partial charge in [0.1, 0.15) is 5.82 Å². The van der Waals surface area contributed by atoms with E-state index < -0.39 is 0 Å². The summed E-state index contributed by atoms with van der Waals surface area (Å²) >= 11 is 0.